The van der Waals surface area contributed by atoms with Gasteiger partial charge in [0.1, 0.15) is 12.2 Å². The summed E-state index contributed by atoms with van der Waals surface area (Å²) >= 11 is 0. The van der Waals surface area contributed by atoms with Crippen LogP contribution in [0.15, 0.2) is 12.1 Å². The molecule has 19 heavy (non-hydrogen) atoms. The molecule has 0 amide bonds. The van der Waals surface area contributed by atoms with Crippen molar-refractivity contribution in [1.82, 2.24) is 0 Å². The summed E-state index contributed by atoms with van der Waals surface area (Å²) in [5.74, 6) is 0. The summed E-state index contributed by atoms with van der Waals surface area (Å²) in [6, 6.07) is 3.55. The van der Waals surface area contributed by atoms with E-state index in [-0.39, 0.29) is 6.42 Å². The summed E-state index contributed by atoms with van der Waals surface area (Å²) in [4.78, 5) is 0. The molecule has 0 bridgehead atoms. The highest BCUT2D eigenvalue weighted by atomic mass is 16.4. The Kier molecular flexibility index (Phi) is 3.11. The van der Waals surface area contributed by atoms with Gasteiger partial charge in [-0.15, -0.1) is 0 Å². The van der Waals surface area contributed by atoms with E-state index in [4.69, 9.17) is 0 Å². The Morgan fingerprint density at radius 1 is 0.737 bits per heavy atom. The highest BCUT2D eigenvalue weighted by Gasteiger charge is 2.37. The third kappa shape index (κ3) is 1.98. The number of rotatable bonds is 0. The van der Waals surface area contributed by atoms with Crippen molar-refractivity contribution in [3.05, 3.63) is 34.4 Å². The molecular weight excluding hydrogens is 248 g/mol. The molecule has 5 atom stereocenters. The lowest BCUT2D eigenvalue weighted by Gasteiger charge is -2.35. The predicted molar refractivity (Wildman–Crippen MR) is 66.5 cm³/mol. The van der Waals surface area contributed by atoms with E-state index < -0.39 is 30.5 Å². The average molecular weight is 266 g/mol. The van der Waals surface area contributed by atoms with Gasteiger partial charge >= 0.3 is 0 Å². The van der Waals surface area contributed by atoms with E-state index in [0.29, 0.717) is 18.4 Å². The molecule has 0 saturated carbocycles. The maximum Gasteiger partial charge on any atom is 0.110 e. The number of benzene rings is 1. The Morgan fingerprint density at radius 3 is 2.11 bits per heavy atom. The van der Waals surface area contributed by atoms with Crippen molar-refractivity contribution >= 4 is 0 Å². The molecule has 5 N–H and O–H groups in total. The van der Waals surface area contributed by atoms with Gasteiger partial charge in [-0.2, -0.15) is 0 Å². The fourth-order valence-corrected chi connectivity index (χ4v) is 3.15. The third-order valence-corrected chi connectivity index (χ3v) is 4.30. The molecule has 104 valence electrons. The largest absolute Gasteiger partial charge is 0.390 e. The summed E-state index contributed by atoms with van der Waals surface area (Å²) in [7, 11) is 0. The van der Waals surface area contributed by atoms with Gasteiger partial charge in [-0.1, -0.05) is 12.1 Å². The van der Waals surface area contributed by atoms with Crippen molar-refractivity contribution in [2.75, 3.05) is 0 Å². The fraction of sp³-hybridized carbons (Fsp3) is 0.571. The van der Waals surface area contributed by atoms with Crippen molar-refractivity contribution in [3.8, 4) is 0 Å². The lowest BCUT2D eigenvalue weighted by molar-refractivity contribution is -0.0690. The molecule has 2 aliphatic rings. The Labute approximate surface area is 110 Å². The molecule has 1 aromatic rings. The van der Waals surface area contributed by atoms with E-state index in [1.165, 1.54) is 0 Å². The van der Waals surface area contributed by atoms with Crippen LogP contribution < -0.4 is 0 Å². The molecule has 0 fully saturated rings. The first-order valence-electron chi connectivity index (χ1n) is 6.53. The van der Waals surface area contributed by atoms with Crippen molar-refractivity contribution in [2.45, 2.75) is 49.8 Å². The molecule has 3 rings (SSSR count). The monoisotopic (exact) mass is 266 g/mol. The number of hydrogen-bond acceptors (Lipinski definition) is 5. The molecule has 1 aromatic carbocycles. The lowest BCUT2D eigenvalue weighted by Crippen LogP contribution is -2.41. The van der Waals surface area contributed by atoms with Crippen molar-refractivity contribution in [3.63, 3.8) is 0 Å². The van der Waals surface area contributed by atoms with E-state index >= 15 is 0 Å². The second-order valence-electron chi connectivity index (χ2n) is 5.52. The van der Waals surface area contributed by atoms with Crippen LogP contribution in [-0.2, 0) is 19.3 Å². The molecular formula is C14H18O5. The first kappa shape index (κ1) is 13.0. The maximum absolute atomic E-state index is 10.00. The quantitative estimate of drug-likeness (QED) is 0.407. The number of aliphatic hydroxyl groups excluding tert-OH is 5. The van der Waals surface area contributed by atoms with Crippen LogP contribution in [0.25, 0.3) is 0 Å². The second-order valence-corrected chi connectivity index (χ2v) is 5.52. The zero-order chi connectivity index (χ0) is 13.7. The summed E-state index contributed by atoms with van der Waals surface area (Å²) in [6.07, 6.45) is -3.92. The molecule has 5 heteroatoms. The SMILES string of the molecule is OC1Cc2ccc3c(c2CC1O)CC(O)C(O)C3O. The molecule has 0 aliphatic heterocycles. The highest BCUT2D eigenvalue weighted by molar-refractivity contribution is 5.46. The van der Waals surface area contributed by atoms with E-state index in [2.05, 4.69) is 0 Å². The molecule has 0 heterocycles. The highest BCUT2D eigenvalue weighted by Crippen LogP contribution is 2.36. The summed E-state index contributed by atoms with van der Waals surface area (Å²) in [5, 5.41) is 49.0. The first-order valence-corrected chi connectivity index (χ1v) is 6.53. The van der Waals surface area contributed by atoms with Gasteiger partial charge in [-0.05, 0) is 22.3 Å². The molecule has 0 radical (unpaired) electrons. The van der Waals surface area contributed by atoms with Gasteiger partial charge in [0, 0.05) is 19.3 Å². The van der Waals surface area contributed by atoms with Crippen LogP contribution in [0.1, 0.15) is 28.4 Å². The first-order chi connectivity index (χ1) is 8.99. The number of fused-ring (bicyclic) bond motifs is 3. The Balaban J connectivity index is 2.08. The van der Waals surface area contributed by atoms with Crippen LogP contribution in [0.4, 0.5) is 0 Å². The van der Waals surface area contributed by atoms with Crippen molar-refractivity contribution in [1.29, 1.82) is 0 Å². The Bertz CT molecular complexity index is 501. The van der Waals surface area contributed by atoms with Gasteiger partial charge in [0.05, 0.1) is 18.3 Å². The third-order valence-electron chi connectivity index (χ3n) is 4.30. The van der Waals surface area contributed by atoms with Gasteiger partial charge in [0.2, 0.25) is 0 Å². The van der Waals surface area contributed by atoms with Gasteiger partial charge in [0.25, 0.3) is 0 Å². The Hall–Kier alpha value is -0.980. The second kappa shape index (κ2) is 4.54. The minimum absolute atomic E-state index is 0.263. The van der Waals surface area contributed by atoms with E-state index in [1.807, 2.05) is 6.07 Å². The zero-order valence-electron chi connectivity index (χ0n) is 10.4. The van der Waals surface area contributed by atoms with Crippen LogP contribution in [0.3, 0.4) is 0 Å². The van der Waals surface area contributed by atoms with Crippen LogP contribution in [0.2, 0.25) is 0 Å². The smallest absolute Gasteiger partial charge is 0.110 e. The van der Waals surface area contributed by atoms with Crippen molar-refractivity contribution < 1.29 is 25.5 Å². The normalized spacial score (nSPS) is 37.6. The predicted octanol–water partition coefficient (Wildman–Crippen LogP) is -1.18. The van der Waals surface area contributed by atoms with Gasteiger partial charge in [-0.3, -0.25) is 0 Å². The van der Waals surface area contributed by atoms with Crippen LogP contribution >= 0.6 is 0 Å². The molecule has 0 spiro atoms. The standard InChI is InChI=1S/C14H18O5/c15-10-3-6-1-2-7-9(8(6)4-11(10)16)5-12(17)14(19)13(7)18/h1-2,10-19H,3-5H2. The van der Waals surface area contributed by atoms with Gasteiger partial charge < -0.3 is 25.5 Å². The molecule has 5 unspecified atom stereocenters. The van der Waals surface area contributed by atoms with Crippen LogP contribution in [0, 0.1) is 0 Å². The average Bonchev–Trinajstić information content (AvgIpc) is 2.38. The zero-order valence-corrected chi connectivity index (χ0v) is 10.4. The van der Waals surface area contributed by atoms with Gasteiger partial charge in [0.15, 0.2) is 0 Å². The van der Waals surface area contributed by atoms with Crippen LogP contribution in [0.5, 0.6) is 0 Å². The van der Waals surface area contributed by atoms with E-state index in [1.54, 1.807) is 6.07 Å². The summed E-state index contributed by atoms with van der Waals surface area (Å²) in [6.45, 7) is 0. The molecule has 0 saturated heterocycles. The minimum Gasteiger partial charge on any atom is -0.390 e. The Morgan fingerprint density at radius 2 is 1.37 bits per heavy atom. The number of aliphatic hydroxyl groups is 5. The van der Waals surface area contributed by atoms with Crippen LogP contribution in [-0.4, -0.2) is 49.9 Å². The topological polar surface area (TPSA) is 101 Å². The fourth-order valence-electron chi connectivity index (χ4n) is 3.15. The number of hydrogen-bond donors (Lipinski definition) is 5. The summed E-state index contributed by atoms with van der Waals surface area (Å²) in [5.41, 5.74) is 3.24. The molecule has 5 nitrogen and oxygen atoms in total. The molecule has 0 aromatic heterocycles. The van der Waals surface area contributed by atoms with Gasteiger partial charge in [-0.25, -0.2) is 0 Å². The molecule has 2 aliphatic carbocycles. The van der Waals surface area contributed by atoms with E-state index in [0.717, 1.165) is 16.7 Å². The minimum atomic E-state index is -1.18. The van der Waals surface area contributed by atoms with Crippen molar-refractivity contribution in [2.24, 2.45) is 0 Å². The van der Waals surface area contributed by atoms with E-state index in [9.17, 15) is 25.5 Å². The lowest BCUT2D eigenvalue weighted by atomic mass is 9.76. The summed E-state index contributed by atoms with van der Waals surface area (Å²) < 4.78 is 0. The maximum atomic E-state index is 10.00.